The van der Waals surface area contributed by atoms with Gasteiger partial charge in [0.2, 0.25) is 14.2 Å². The van der Waals surface area contributed by atoms with E-state index >= 15 is 0 Å². The van der Waals surface area contributed by atoms with Crippen molar-refractivity contribution in [1.82, 2.24) is 0 Å². The molecule has 0 aliphatic heterocycles. The lowest BCUT2D eigenvalue weighted by molar-refractivity contribution is 0.0983. The summed E-state index contributed by atoms with van der Waals surface area (Å²) < 4.78 is 20.3. The number of Topliss-reactive ketones (excluding diaryl/α,β-unsaturated/α-hetero) is 1. The Hall–Kier alpha value is -0.820. The largest absolute Gasteiger partial charge is 0.294 e. The zero-order valence-electron chi connectivity index (χ0n) is 8.59. The smallest absolute Gasteiger partial charge is 0.234 e. The van der Waals surface area contributed by atoms with E-state index in [1.54, 1.807) is 30.3 Å². The first-order chi connectivity index (χ1) is 7.80. The fourth-order valence-corrected chi connectivity index (χ4v) is 2.12. The zero-order chi connectivity index (χ0) is 13.1. The fraction of sp³-hybridized carbons (Fsp3) is 0.200. The fourth-order valence-electron chi connectivity index (χ4n) is 1.13. The molecule has 0 saturated carbocycles. The Labute approximate surface area is 110 Å². The quantitative estimate of drug-likeness (QED) is 0.505. The van der Waals surface area contributed by atoms with E-state index in [1.807, 2.05) is 5.37 Å². The van der Waals surface area contributed by atoms with Gasteiger partial charge in [0.1, 0.15) is 0 Å². The first-order valence-electron chi connectivity index (χ1n) is 4.49. The summed E-state index contributed by atoms with van der Waals surface area (Å²) in [5.41, 5.74) is 0.339. The number of hydrogen-bond donors (Lipinski definition) is 1. The number of thiocarbonyl (C=S) groups is 1. The summed E-state index contributed by atoms with van der Waals surface area (Å²) in [6.07, 6.45) is -0.541. The third-order valence-corrected chi connectivity index (χ3v) is 4.70. The van der Waals surface area contributed by atoms with Crippen LogP contribution in [-0.4, -0.2) is 23.8 Å². The Balaban J connectivity index is 2.99. The molecule has 0 aromatic heterocycles. The summed E-state index contributed by atoms with van der Waals surface area (Å²) in [6, 6.07) is 8.14. The second-order valence-electron chi connectivity index (χ2n) is 3.34. The molecule has 0 fully saturated rings. The summed E-state index contributed by atoms with van der Waals surface area (Å²) >= 11 is 10.1. The summed E-state index contributed by atoms with van der Waals surface area (Å²) in [5, 5.41) is 6.84. The molecule has 0 bridgehead atoms. The lowest BCUT2D eigenvalue weighted by atomic mass is 10.1. The number of benzene rings is 1. The van der Waals surface area contributed by atoms with Crippen LogP contribution in [0.3, 0.4) is 0 Å². The number of sulfonamides is 1. The maximum Gasteiger partial charge on any atom is 0.234 e. The van der Waals surface area contributed by atoms with Crippen LogP contribution < -0.4 is 5.14 Å². The predicted molar refractivity (Wildman–Crippen MR) is 69.7 cm³/mol. The molecule has 2 N–H and O–H groups in total. The SMILES string of the molecule is NS(=O)(=O)C(Cl)([C]=S)CC(=O)c1ccccc1. The molecule has 1 atom stereocenters. The standard InChI is InChI=1S/C10H9ClNO3S2/c11-10(7-16,17(12,14)15)6-9(13)8-4-2-1-3-5-8/h1-5H,6H2,(H2,12,14,15). The van der Waals surface area contributed by atoms with Crippen molar-refractivity contribution in [3.05, 3.63) is 35.9 Å². The van der Waals surface area contributed by atoms with Gasteiger partial charge < -0.3 is 0 Å². The van der Waals surface area contributed by atoms with Crippen molar-refractivity contribution in [1.29, 1.82) is 0 Å². The molecule has 0 heterocycles. The molecule has 1 aromatic rings. The molecule has 1 radical (unpaired) electrons. The van der Waals surface area contributed by atoms with Gasteiger partial charge in [-0.25, -0.2) is 13.6 Å². The third-order valence-electron chi connectivity index (χ3n) is 2.09. The van der Waals surface area contributed by atoms with Gasteiger partial charge in [-0.1, -0.05) is 54.2 Å². The van der Waals surface area contributed by atoms with E-state index in [-0.39, 0.29) is 0 Å². The van der Waals surface area contributed by atoms with Crippen LogP contribution in [0.5, 0.6) is 0 Å². The van der Waals surface area contributed by atoms with E-state index in [2.05, 4.69) is 12.2 Å². The van der Waals surface area contributed by atoms with E-state index in [0.717, 1.165) is 0 Å². The zero-order valence-corrected chi connectivity index (χ0v) is 11.0. The Morgan fingerprint density at radius 2 is 1.94 bits per heavy atom. The predicted octanol–water partition coefficient (Wildman–Crippen LogP) is 1.36. The van der Waals surface area contributed by atoms with Crippen molar-refractivity contribution >= 4 is 45.0 Å². The average Bonchev–Trinajstić information content (AvgIpc) is 2.28. The lowest BCUT2D eigenvalue weighted by Gasteiger charge is -2.17. The van der Waals surface area contributed by atoms with Crippen LogP contribution in [0.4, 0.5) is 0 Å². The minimum Gasteiger partial charge on any atom is -0.294 e. The first kappa shape index (κ1) is 14.2. The molecule has 1 aromatic carbocycles. The van der Waals surface area contributed by atoms with E-state index in [4.69, 9.17) is 16.7 Å². The van der Waals surface area contributed by atoms with Crippen LogP contribution in [-0.2, 0) is 10.0 Å². The number of ketones is 1. The normalized spacial score (nSPS) is 14.9. The molecule has 1 unspecified atom stereocenters. The highest BCUT2D eigenvalue weighted by Gasteiger charge is 2.40. The Morgan fingerprint density at radius 1 is 1.41 bits per heavy atom. The number of alkyl halides is 1. The minimum atomic E-state index is -4.19. The second kappa shape index (κ2) is 5.22. The molecular formula is C10H9ClNO3S2. The summed E-state index contributed by atoms with van der Waals surface area (Å²) in [7, 11) is -4.19. The highest BCUT2D eigenvalue weighted by atomic mass is 35.5. The van der Waals surface area contributed by atoms with Crippen molar-refractivity contribution in [2.45, 2.75) is 10.6 Å². The van der Waals surface area contributed by atoms with Gasteiger partial charge >= 0.3 is 0 Å². The molecule has 0 spiro atoms. The lowest BCUT2D eigenvalue weighted by Crippen LogP contribution is -2.41. The van der Waals surface area contributed by atoms with Crippen LogP contribution in [0.2, 0.25) is 0 Å². The van der Waals surface area contributed by atoms with Crippen molar-refractivity contribution in [2.75, 3.05) is 0 Å². The molecule has 0 amide bonds. The Kier molecular flexibility index (Phi) is 4.37. The van der Waals surface area contributed by atoms with Crippen LogP contribution in [0.25, 0.3) is 0 Å². The van der Waals surface area contributed by atoms with Crippen molar-refractivity contribution in [3.8, 4) is 0 Å². The Bertz CT molecular complexity index is 530. The maximum absolute atomic E-state index is 11.8. The number of halogens is 1. The second-order valence-corrected chi connectivity index (χ2v) is 6.20. The molecule has 91 valence electrons. The van der Waals surface area contributed by atoms with E-state index < -0.39 is 26.4 Å². The highest BCUT2D eigenvalue weighted by molar-refractivity contribution is 7.94. The van der Waals surface area contributed by atoms with Crippen LogP contribution in [0.1, 0.15) is 16.8 Å². The van der Waals surface area contributed by atoms with Gasteiger partial charge in [0, 0.05) is 5.56 Å². The number of nitrogens with two attached hydrogens (primary N) is 1. The number of carbonyl (C=O) groups is 1. The van der Waals surface area contributed by atoms with Gasteiger partial charge in [-0.15, -0.1) is 0 Å². The molecule has 0 aliphatic carbocycles. The molecule has 4 nitrogen and oxygen atoms in total. The molecule has 7 heteroatoms. The number of carbonyl (C=O) groups excluding carboxylic acids is 1. The van der Waals surface area contributed by atoms with Crippen LogP contribution >= 0.6 is 23.8 Å². The van der Waals surface area contributed by atoms with Crippen molar-refractivity contribution in [3.63, 3.8) is 0 Å². The number of rotatable bonds is 5. The summed E-state index contributed by atoms with van der Waals surface area (Å²) in [5.74, 6) is -0.466. The van der Waals surface area contributed by atoms with Gasteiger partial charge in [-0.05, 0) is 0 Å². The van der Waals surface area contributed by atoms with Gasteiger partial charge in [0.05, 0.1) is 11.8 Å². The first-order valence-corrected chi connectivity index (χ1v) is 6.82. The number of hydrogen-bond acceptors (Lipinski definition) is 4. The average molecular weight is 291 g/mol. The van der Waals surface area contributed by atoms with E-state index in [0.29, 0.717) is 5.56 Å². The van der Waals surface area contributed by atoms with Crippen molar-refractivity contribution in [2.24, 2.45) is 5.14 Å². The van der Waals surface area contributed by atoms with Crippen molar-refractivity contribution < 1.29 is 13.2 Å². The number of primary sulfonamides is 1. The third kappa shape index (κ3) is 3.32. The summed E-state index contributed by atoms with van der Waals surface area (Å²) in [6.45, 7) is 0. The maximum atomic E-state index is 11.8. The van der Waals surface area contributed by atoms with Crippen LogP contribution in [0.15, 0.2) is 30.3 Å². The molecule has 0 saturated heterocycles. The highest BCUT2D eigenvalue weighted by Crippen LogP contribution is 2.25. The monoisotopic (exact) mass is 290 g/mol. The minimum absolute atomic E-state index is 0.339. The van der Waals surface area contributed by atoms with Gasteiger partial charge in [-0.3, -0.25) is 4.79 Å². The van der Waals surface area contributed by atoms with E-state index in [9.17, 15) is 13.2 Å². The topological polar surface area (TPSA) is 77.2 Å². The molecule has 1 rings (SSSR count). The van der Waals surface area contributed by atoms with Gasteiger partial charge in [-0.2, -0.15) is 0 Å². The molecule has 0 aliphatic rings. The Morgan fingerprint density at radius 3 is 2.35 bits per heavy atom. The van der Waals surface area contributed by atoms with E-state index in [1.165, 1.54) is 0 Å². The van der Waals surface area contributed by atoms with Gasteiger partial charge in [0.15, 0.2) is 5.78 Å². The molecular weight excluding hydrogens is 282 g/mol. The summed E-state index contributed by atoms with van der Waals surface area (Å²) in [4.78, 5) is 11.8. The van der Waals surface area contributed by atoms with Crippen LogP contribution in [0, 0.1) is 0 Å². The van der Waals surface area contributed by atoms with Gasteiger partial charge in [0.25, 0.3) is 0 Å². The molecule has 17 heavy (non-hydrogen) atoms.